The van der Waals surface area contributed by atoms with E-state index in [0.717, 1.165) is 23.1 Å². The van der Waals surface area contributed by atoms with Gasteiger partial charge in [0.05, 0.1) is 22.4 Å². The van der Waals surface area contributed by atoms with Crippen LogP contribution in [0.15, 0.2) is 34.9 Å². The van der Waals surface area contributed by atoms with E-state index < -0.39 is 12.7 Å². The van der Waals surface area contributed by atoms with E-state index in [4.69, 9.17) is 5.73 Å². The molecule has 2 aromatic rings. The highest BCUT2D eigenvalue weighted by Crippen LogP contribution is 2.29. The first-order valence-electron chi connectivity index (χ1n) is 6.54. The van der Waals surface area contributed by atoms with Crippen molar-refractivity contribution in [3.63, 3.8) is 0 Å². The fourth-order valence-corrected chi connectivity index (χ4v) is 2.66. The van der Waals surface area contributed by atoms with E-state index >= 15 is 0 Å². The minimum atomic E-state index is -2.85. The van der Waals surface area contributed by atoms with Crippen LogP contribution >= 0.6 is 15.9 Å². The summed E-state index contributed by atoms with van der Waals surface area (Å²) in [6.07, 6.45) is 2.60. The van der Waals surface area contributed by atoms with Gasteiger partial charge in [-0.1, -0.05) is 19.1 Å². The molecule has 0 bridgehead atoms. The number of aryl methyl sites for hydroxylation is 1. The molecule has 0 amide bonds. The molecule has 0 spiro atoms. The summed E-state index contributed by atoms with van der Waals surface area (Å²) in [5.41, 5.74) is 7.76. The quantitative estimate of drug-likeness (QED) is 0.855. The first kappa shape index (κ1) is 15.9. The molecular formula is C14H16BrF2N3O. The van der Waals surface area contributed by atoms with Crippen molar-refractivity contribution < 1.29 is 13.5 Å². The Bertz CT molecular complexity index is 604. The van der Waals surface area contributed by atoms with Gasteiger partial charge in [0.15, 0.2) is 0 Å². The van der Waals surface area contributed by atoms with Gasteiger partial charge in [-0.25, -0.2) is 0 Å². The van der Waals surface area contributed by atoms with E-state index in [9.17, 15) is 8.78 Å². The van der Waals surface area contributed by atoms with Gasteiger partial charge in [-0.15, -0.1) is 0 Å². The van der Waals surface area contributed by atoms with Crippen molar-refractivity contribution in [1.29, 1.82) is 0 Å². The number of benzene rings is 1. The molecule has 0 aliphatic rings. The predicted octanol–water partition coefficient (Wildman–Crippen LogP) is 3.71. The van der Waals surface area contributed by atoms with Gasteiger partial charge in [0.25, 0.3) is 0 Å². The summed E-state index contributed by atoms with van der Waals surface area (Å²) >= 11 is 3.43. The lowest BCUT2D eigenvalue weighted by Gasteiger charge is -2.16. The van der Waals surface area contributed by atoms with Crippen LogP contribution in [0, 0.1) is 0 Å². The minimum absolute atomic E-state index is 0.0932. The Hall–Kier alpha value is -1.47. The molecule has 2 rings (SSSR count). The monoisotopic (exact) mass is 359 g/mol. The summed E-state index contributed by atoms with van der Waals surface area (Å²) in [5.74, 6) is 0.0932. The maximum atomic E-state index is 12.3. The lowest BCUT2D eigenvalue weighted by Crippen LogP contribution is -2.18. The van der Waals surface area contributed by atoms with Crippen LogP contribution in [-0.2, 0) is 6.54 Å². The Kier molecular flexibility index (Phi) is 5.30. The van der Waals surface area contributed by atoms with Crippen molar-refractivity contribution in [1.82, 2.24) is 9.78 Å². The van der Waals surface area contributed by atoms with Crippen molar-refractivity contribution in [3.8, 4) is 5.75 Å². The van der Waals surface area contributed by atoms with Crippen molar-refractivity contribution in [2.24, 2.45) is 5.73 Å². The van der Waals surface area contributed by atoms with Gasteiger partial charge in [0.2, 0.25) is 0 Å². The number of rotatable bonds is 6. The molecule has 2 N–H and O–H groups in total. The van der Waals surface area contributed by atoms with Crippen LogP contribution in [0.2, 0.25) is 0 Å². The zero-order valence-electron chi connectivity index (χ0n) is 11.5. The van der Waals surface area contributed by atoms with Crippen LogP contribution in [0.4, 0.5) is 8.78 Å². The number of ether oxygens (including phenoxy) is 1. The molecule has 1 atom stereocenters. The van der Waals surface area contributed by atoms with Crippen LogP contribution in [0.1, 0.15) is 30.6 Å². The Balaban J connectivity index is 2.31. The fraction of sp³-hybridized carbons (Fsp3) is 0.357. The molecule has 0 fully saturated rings. The number of hydrogen-bond acceptors (Lipinski definition) is 3. The third kappa shape index (κ3) is 3.79. The molecule has 0 radical (unpaired) electrons. The van der Waals surface area contributed by atoms with Crippen LogP contribution < -0.4 is 10.5 Å². The van der Waals surface area contributed by atoms with Crippen molar-refractivity contribution in [3.05, 3.63) is 46.2 Å². The van der Waals surface area contributed by atoms with Crippen molar-refractivity contribution >= 4 is 15.9 Å². The molecule has 0 aliphatic carbocycles. The summed E-state index contributed by atoms with van der Waals surface area (Å²) in [7, 11) is 0. The SMILES string of the molecule is CCCn1ncc(Br)c1C(N)c1cccc(OC(F)F)c1. The van der Waals surface area contributed by atoms with E-state index in [1.807, 2.05) is 11.6 Å². The van der Waals surface area contributed by atoms with Gasteiger partial charge in [-0.2, -0.15) is 13.9 Å². The van der Waals surface area contributed by atoms with E-state index in [1.165, 1.54) is 12.1 Å². The smallest absolute Gasteiger partial charge is 0.387 e. The maximum absolute atomic E-state index is 12.3. The molecule has 114 valence electrons. The Morgan fingerprint density at radius 2 is 2.19 bits per heavy atom. The second-order valence-electron chi connectivity index (χ2n) is 4.53. The summed E-state index contributed by atoms with van der Waals surface area (Å²) < 4.78 is 31.6. The number of alkyl halides is 2. The number of hydrogen-bond donors (Lipinski definition) is 1. The maximum Gasteiger partial charge on any atom is 0.387 e. The van der Waals surface area contributed by atoms with Crippen molar-refractivity contribution in [2.45, 2.75) is 32.5 Å². The highest BCUT2D eigenvalue weighted by atomic mass is 79.9. The highest BCUT2D eigenvalue weighted by Gasteiger charge is 2.19. The largest absolute Gasteiger partial charge is 0.435 e. The Morgan fingerprint density at radius 3 is 2.86 bits per heavy atom. The van der Waals surface area contributed by atoms with Gasteiger partial charge in [-0.05, 0) is 40.0 Å². The first-order valence-corrected chi connectivity index (χ1v) is 7.33. The molecule has 0 aliphatic heterocycles. The molecule has 0 saturated carbocycles. The van der Waals surface area contributed by atoms with Gasteiger partial charge >= 0.3 is 6.61 Å². The average Bonchev–Trinajstić information content (AvgIpc) is 2.79. The van der Waals surface area contributed by atoms with E-state index in [2.05, 4.69) is 25.8 Å². The average molecular weight is 360 g/mol. The lowest BCUT2D eigenvalue weighted by molar-refractivity contribution is -0.0498. The number of nitrogens with two attached hydrogens (primary N) is 1. The Morgan fingerprint density at radius 1 is 1.43 bits per heavy atom. The van der Waals surface area contributed by atoms with E-state index in [-0.39, 0.29) is 5.75 Å². The zero-order chi connectivity index (χ0) is 15.4. The lowest BCUT2D eigenvalue weighted by atomic mass is 10.0. The third-order valence-electron chi connectivity index (χ3n) is 3.01. The number of halogens is 3. The predicted molar refractivity (Wildman–Crippen MR) is 79.3 cm³/mol. The third-order valence-corrected chi connectivity index (χ3v) is 3.62. The second kappa shape index (κ2) is 7.00. The topological polar surface area (TPSA) is 53.1 Å². The van der Waals surface area contributed by atoms with Gasteiger partial charge in [0, 0.05) is 6.54 Å². The minimum Gasteiger partial charge on any atom is -0.435 e. The molecule has 1 unspecified atom stereocenters. The molecule has 1 aromatic heterocycles. The van der Waals surface area contributed by atoms with Gasteiger partial charge in [0.1, 0.15) is 5.75 Å². The molecular weight excluding hydrogens is 344 g/mol. The van der Waals surface area contributed by atoms with Crippen LogP contribution in [-0.4, -0.2) is 16.4 Å². The van der Waals surface area contributed by atoms with Crippen LogP contribution in [0.5, 0.6) is 5.75 Å². The highest BCUT2D eigenvalue weighted by molar-refractivity contribution is 9.10. The zero-order valence-corrected chi connectivity index (χ0v) is 13.1. The first-order chi connectivity index (χ1) is 10.0. The van der Waals surface area contributed by atoms with Crippen molar-refractivity contribution in [2.75, 3.05) is 0 Å². The fourth-order valence-electron chi connectivity index (χ4n) is 2.11. The molecule has 4 nitrogen and oxygen atoms in total. The van der Waals surface area contributed by atoms with Crippen LogP contribution in [0.25, 0.3) is 0 Å². The normalized spacial score (nSPS) is 12.7. The molecule has 0 saturated heterocycles. The van der Waals surface area contributed by atoms with Crippen LogP contribution in [0.3, 0.4) is 0 Å². The number of nitrogens with zero attached hydrogens (tertiary/aromatic N) is 2. The molecule has 7 heteroatoms. The second-order valence-corrected chi connectivity index (χ2v) is 5.38. The summed E-state index contributed by atoms with van der Waals surface area (Å²) in [5, 5.41) is 4.26. The summed E-state index contributed by atoms with van der Waals surface area (Å²) in [6.45, 7) is -0.0713. The molecule has 1 heterocycles. The molecule has 21 heavy (non-hydrogen) atoms. The van der Waals surface area contributed by atoms with E-state index in [1.54, 1.807) is 18.3 Å². The Labute approximate surface area is 130 Å². The van der Waals surface area contributed by atoms with Gasteiger partial charge < -0.3 is 10.5 Å². The standard InChI is InChI=1S/C14H16BrF2N3O/c1-2-6-20-13(11(15)8-19-20)12(18)9-4-3-5-10(7-9)21-14(16)17/h3-5,7-8,12,14H,2,6,18H2,1H3. The van der Waals surface area contributed by atoms with E-state index in [0.29, 0.717) is 5.56 Å². The number of aromatic nitrogens is 2. The summed E-state index contributed by atoms with van der Waals surface area (Å²) in [4.78, 5) is 0. The molecule has 1 aromatic carbocycles. The summed E-state index contributed by atoms with van der Waals surface area (Å²) in [6, 6.07) is 5.93. The van der Waals surface area contributed by atoms with Gasteiger partial charge in [-0.3, -0.25) is 4.68 Å².